The highest BCUT2D eigenvalue weighted by Crippen LogP contribution is 2.32. The van der Waals surface area contributed by atoms with Crippen molar-refractivity contribution in [1.29, 1.82) is 0 Å². The molecule has 1 saturated heterocycles. The number of hydrogen-bond acceptors (Lipinski definition) is 3. The Hall–Kier alpha value is -1.84. The zero-order valence-electron chi connectivity index (χ0n) is 9.12. The number of imide groups is 1. The summed E-state index contributed by atoms with van der Waals surface area (Å²) in [6, 6.07) is 7.21. The summed E-state index contributed by atoms with van der Waals surface area (Å²) >= 11 is 0. The Morgan fingerprint density at radius 2 is 1.88 bits per heavy atom. The van der Waals surface area contributed by atoms with E-state index < -0.39 is 5.41 Å². The van der Waals surface area contributed by atoms with Gasteiger partial charge in [0.15, 0.2) is 0 Å². The molecule has 1 heterocycles. The number of hydrogen-bond donors (Lipinski definition) is 2. The minimum Gasteiger partial charge on any atom is -0.399 e. The number of piperidine rings is 1. The molecule has 1 unspecified atom stereocenters. The molecule has 4 heteroatoms. The number of amides is 2. The highest BCUT2D eigenvalue weighted by molar-refractivity contribution is 6.03. The molecule has 2 rings (SSSR count). The number of nitrogens with two attached hydrogens (primary N) is 1. The topological polar surface area (TPSA) is 72.2 Å². The predicted octanol–water partition coefficient (Wildman–Crippen LogP) is 0.963. The number of nitrogens with one attached hydrogen (secondary N) is 1. The van der Waals surface area contributed by atoms with Crippen LogP contribution in [0.2, 0.25) is 0 Å². The monoisotopic (exact) mass is 218 g/mol. The van der Waals surface area contributed by atoms with Gasteiger partial charge in [0.25, 0.3) is 0 Å². The van der Waals surface area contributed by atoms with E-state index >= 15 is 0 Å². The zero-order chi connectivity index (χ0) is 11.8. The van der Waals surface area contributed by atoms with Gasteiger partial charge < -0.3 is 5.73 Å². The first-order chi connectivity index (χ1) is 7.52. The van der Waals surface area contributed by atoms with Crippen molar-refractivity contribution in [1.82, 2.24) is 5.32 Å². The van der Waals surface area contributed by atoms with Crippen molar-refractivity contribution >= 4 is 17.5 Å². The first-order valence-corrected chi connectivity index (χ1v) is 5.23. The molecule has 3 N–H and O–H groups in total. The maximum Gasteiger partial charge on any atom is 0.236 e. The Balaban J connectivity index is 2.34. The third-order valence-electron chi connectivity index (χ3n) is 3.15. The Bertz CT molecular complexity index is 439. The van der Waals surface area contributed by atoms with Crippen LogP contribution in [-0.2, 0) is 15.0 Å². The van der Waals surface area contributed by atoms with Gasteiger partial charge in [-0.15, -0.1) is 0 Å². The van der Waals surface area contributed by atoms with Crippen molar-refractivity contribution in [3.63, 3.8) is 0 Å². The second-order valence-corrected chi connectivity index (χ2v) is 4.33. The van der Waals surface area contributed by atoms with Crippen molar-refractivity contribution in [2.75, 3.05) is 5.73 Å². The number of carbonyl (C=O) groups is 2. The average Bonchev–Trinajstić information content (AvgIpc) is 2.25. The SMILES string of the molecule is CC1(c2ccc(N)cc2)CCC(=O)NC1=O. The van der Waals surface area contributed by atoms with Crippen LogP contribution in [0.15, 0.2) is 24.3 Å². The van der Waals surface area contributed by atoms with Crippen molar-refractivity contribution in [3.8, 4) is 0 Å². The number of anilines is 1. The van der Waals surface area contributed by atoms with Gasteiger partial charge >= 0.3 is 0 Å². The Kier molecular flexibility index (Phi) is 2.42. The van der Waals surface area contributed by atoms with Crippen LogP contribution in [0.25, 0.3) is 0 Å². The third kappa shape index (κ3) is 1.66. The maximum absolute atomic E-state index is 11.8. The second kappa shape index (κ2) is 3.63. The lowest BCUT2D eigenvalue weighted by Crippen LogP contribution is -2.49. The zero-order valence-corrected chi connectivity index (χ0v) is 9.12. The molecule has 1 fully saturated rings. The summed E-state index contributed by atoms with van der Waals surface area (Å²) in [5.41, 5.74) is 6.54. The van der Waals surface area contributed by atoms with Crippen LogP contribution in [0, 0.1) is 0 Å². The largest absolute Gasteiger partial charge is 0.399 e. The Labute approximate surface area is 93.8 Å². The number of benzene rings is 1. The molecule has 1 aliphatic rings. The van der Waals surface area contributed by atoms with Crippen molar-refractivity contribution < 1.29 is 9.59 Å². The van der Waals surface area contributed by atoms with Gasteiger partial charge in [-0.05, 0) is 31.0 Å². The Morgan fingerprint density at radius 3 is 2.44 bits per heavy atom. The molecule has 0 radical (unpaired) electrons. The average molecular weight is 218 g/mol. The van der Waals surface area contributed by atoms with Crippen LogP contribution in [0.5, 0.6) is 0 Å². The molecule has 1 aromatic carbocycles. The first kappa shape index (κ1) is 10.7. The number of nitrogen functional groups attached to an aromatic ring is 1. The second-order valence-electron chi connectivity index (χ2n) is 4.33. The molecule has 0 spiro atoms. The fourth-order valence-electron chi connectivity index (χ4n) is 1.93. The number of rotatable bonds is 1. The lowest BCUT2D eigenvalue weighted by molar-refractivity contribution is -0.137. The molecule has 1 aromatic rings. The van der Waals surface area contributed by atoms with E-state index in [1.807, 2.05) is 19.1 Å². The van der Waals surface area contributed by atoms with Gasteiger partial charge in [0.1, 0.15) is 0 Å². The molecule has 0 aromatic heterocycles. The summed E-state index contributed by atoms with van der Waals surface area (Å²) in [6.07, 6.45) is 0.925. The van der Waals surface area contributed by atoms with Crippen LogP contribution >= 0.6 is 0 Å². The smallest absolute Gasteiger partial charge is 0.236 e. The van der Waals surface area contributed by atoms with E-state index in [1.54, 1.807) is 12.1 Å². The van der Waals surface area contributed by atoms with Crippen molar-refractivity contribution in [3.05, 3.63) is 29.8 Å². The van der Waals surface area contributed by atoms with E-state index in [4.69, 9.17) is 5.73 Å². The summed E-state index contributed by atoms with van der Waals surface area (Å²) in [5.74, 6) is -0.425. The molecule has 0 bridgehead atoms. The van der Waals surface area contributed by atoms with Crippen LogP contribution < -0.4 is 11.1 Å². The molecule has 1 aliphatic heterocycles. The lowest BCUT2D eigenvalue weighted by Gasteiger charge is -2.32. The first-order valence-electron chi connectivity index (χ1n) is 5.23. The van der Waals surface area contributed by atoms with E-state index in [9.17, 15) is 9.59 Å². The summed E-state index contributed by atoms with van der Waals surface area (Å²) < 4.78 is 0. The summed E-state index contributed by atoms with van der Waals surface area (Å²) in [7, 11) is 0. The third-order valence-corrected chi connectivity index (χ3v) is 3.15. The minimum absolute atomic E-state index is 0.196. The van der Waals surface area contributed by atoms with Gasteiger partial charge in [0.2, 0.25) is 11.8 Å². The molecule has 84 valence electrons. The van der Waals surface area contributed by atoms with Gasteiger partial charge in [-0.2, -0.15) is 0 Å². The molecule has 0 saturated carbocycles. The van der Waals surface area contributed by atoms with Crippen molar-refractivity contribution in [2.45, 2.75) is 25.2 Å². The highest BCUT2D eigenvalue weighted by Gasteiger charge is 2.39. The van der Waals surface area contributed by atoms with Gasteiger partial charge in [-0.1, -0.05) is 12.1 Å². The van der Waals surface area contributed by atoms with Gasteiger partial charge in [-0.25, -0.2) is 0 Å². The van der Waals surface area contributed by atoms with Crippen LogP contribution in [0.4, 0.5) is 5.69 Å². The molecular weight excluding hydrogens is 204 g/mol. The predicted molar refractivity (Wildman–Crippen MR) is 60.6 cm³/mol. The van der Waals surface area contributed by atoms with E-state index in [-0.39, 0.29) is 11.8 Å². The minimum atomic E-state index is -0.623. The molecular formula is C12H14N2O2. The summed E-state index contributed by atoms with van der Waals surface area (Å²) in [6.45, 7) is 1.85. The van der Waals surface area contributed by atoms with Crippen LogP contribution in [0.1, 0.15) is 25.3 Å². The van der Waals surface area contributed by atoms with E-state index in [1.165, 1.54) is 0 Å². The standard InChI is InChI=1S/C12H14N2O2/c1-12(7-6-10(15)14-11(12)16)8-2-4-9(13)5-3-8/h2-5H,6-7,13H2,1H3,(H,14,15,16). The number of carbonyl (C=O) groups excluding carboxylic acids is 2. The summed E-state index contributed by atoms with van der Waals surface area (Å²) in [5, 5.41) is 2.37. The normalized spacial score (nSPS) is 25.3. The lowest BCUT2D eigenvalue weighted by atomic mass is 9.75. The van der Waals surface area contributed by atoms with Gasteiger partial charge in [-0.3, -0.25) is 14.9 Å². The summed E-state index contributed by atoms with van der Waals surface area (Å²) in [4.78, 5) is 22.9. The fourth-order valence-corrected chi connectivity index (χ4v) is 1.93. The van der Waals surface area contributed by atoms with E-state index in [0.717, 1.165) is 5.56 Å². The maximum atomic E-state index is 11.8. The van der Waals surface area contributed by atoms with Crippen molar-refractivity contribution in [2.24, 2.45) is 0 Å². The van der Waals surface area contributed by atoms with E-state index in [0.29, 0.717) is 18.5 Å². The Morgan fingerprint density at radius 1 is 1.25 bits per heavy atom. The van der Waals surface area contributed by atoms with Gasteiger partial charge in [0, 0.05) is 12.1 Å². The highest BCUT2D eigenvalue weighted by atomic mass is 16.2. The fraction of sp³-hybridized carbons (Fsp3) is 0.333. The van der Waals surface area contributed by atoms with Crippen LogP contribution in [-0.4, -0.2) is 11.8 Å². The van der Waals surface area contributed by atoms with Crippen LogP contribution in [0.3, 0.4) is 0 Å². The molecule has 1 atom stereocenters. The molecule has 0 aliphatic carbocycles. The molecule has 2 amide bonds. The quantitative estimate of drug-likeness (QED) is 0.545. The van der Waals surface area contributed by atoms with Gasteiger partial charge in [0.05, 0.1) is 5.41 Å². The molecule has 16 heavy (non-hydrogen) atoms. The molecule has 4 nitrogen and oxygen atoms in total. The van der Waals surface area contributed by atoms with E-state index in [2.05, 4.69) is 5.32 Å².